The molecule has 0 rings (SSSR count). The maximum Gasteiger partial charge on any atom is 0.323 e. The van der Waals surface area contributed by atoms with Gasteiger partial charge in [-0.25, -0.2) is 0 Å². The molecule has 0 amide bonds. The van der Waals surface area contributed by atoms with Crippen LogP contribution in [0.25, 0.3) is 0 Å². The van der Waals surface area contributed by atoms with E-state index in [0.29, 0.717) is 6.61 Å². The number of hydrogen-bond donors (Lipinski definition) is 1. The fraction of sp³-hybridized carbons (Fsp3) is 0.909. The number of carbonyl (C=O) groups is 1. The van der Waals surface area contributed by atoms with Gasteiger partial charge in [0, 0.05) is 13.2 Å². The first-order chi connectivity index (χ1) is 7.06. The van der Waals surface area contributed by atoms with Gasteiger partial charge in [-0.2, -0.15) is 0 Å². The topological polar surface area (TPSA) is 47.6 Å². The van der Waals surface area contributed by atoms with E-state index in [1.807, 2.05) is 13.8 Å². The third-order valence-corrected chi connectivity index (χ3v) is 2.40. The fourth-order valence-electron chi connectivity index (χ4n) is 1.40. The monoisotopic (exact) mass is 217 g/mol. The second-order valence-corrected chi connectivity index (χ2v) is 3.97. The normalized spacial score (nSPS) is 15.1. The standard InChI is InChI=1S/C11H23NO3/c1-6-9(7-14-4)12-10(8(2)3)11(13)15-5/h8-10,12H,6-7H2,1-5H3. The summed E-state index contributed by atoms with van der Waals surface area (Å²) in [6.45, 7) is 6.66. The molecule has 0 aromatic rings. The van der Waals surface area contributed by atoms with Crippen LogP contribution in [0.4, 0.5) is 0 Å². The lowest BCUT2D eigenvalue weighted by molar-refractivity contribution is -0.144. The van der Waals surface area contributed by atoms with E-state index in [0.717, 1.165) is 6.42 Å². The Morgan fingerprint density at radius 2 is 1.93 bits per heavy atom. The lowest BCUT2D eigenvalue weighted by Gasteiger charge is -2.25. The maximum absolute atomic E-state index is 11.5. The summed E-state index contributed by atoms with van der Waals surface area (Å²) in [5.41, 5.74) is 0. The lowest BCUT2D eigenvalue weighted by Crippen LogP contribution is -2.48. The van der Waals surface area contributed by atoms with Crippen molar-refractivity contribution in [3.8, 4) is 0 Å². The number of carbonyl (C=O) groups excluding carboxylic acids is 1. The Labute approximate surface area is 92.3 Å². The summed E-state index contributed by atoms with van der Waals surface area (Å²) in [6.07, 6.45) is 0.925. The Morgan fingerprint density at radius 1 is 1.33 bits per heavy atom. The predicted octanol–water partition coefficient (Wildman–Crippen LogP) is 1.20. The van der Waals surface area contributed by atoms with Crippen molar-refractivity contribution in [1.82, 2.24) is 5.32 Å². The molecule has 0 saturated carbocycles. The smallest absolute Gasteiger partial charge is 0.323 e. The van der Waals surface area contributed by atoms with Gasteiger partial charge < -0.3 is 9.47 Å². The molecule has 0 radical (unpaired) electrons. The molecule has 15 heavy (non-hydrogen) atoms. The van der Waals surface area contributed by atoms with E-state index in [1.54, 1.807) is 7.11 Å². The van der Waals surface area contributed by atoms with Crippen LogP contribution in [0, 0.1) is 5.92 Å². The molecule has 0 aliphatic carbocycles. The van der Waals surface area contributed by atoms with Crippen LogP contribution in [0.15, 0.2) is 0 Å². The van der Waals surface area contributed by atoms with Gasteiger partial charge in [0.1, 0.15) is 6.04 Å². The molecular weight excluding hydrogens is 194 g/mol. The minimum Gasteiger partial charge on any atom is -0.468 e. The molecule has 2 unspecified atom stereocenters. The second-order valence-electron chi connectivity index (χ2n) is 3.97. The van der Waals surface area contributed by atoms with Crippen molar-refractivity contribution < 1.29 is 14.3 Å². The summed E-state index contributed by atoms with van der Waals surface area (Å²) in [6, 6.07) is -0.0587. The van der Waals surface area contributed by atoms with Crippen LogP contribution in [-0.2, 0) is 14.3 Å². The average molecular weight is 217 g/mol. The Morgan fingerprint density at radius 3 is 2.27 bits per heavy atom. The van der Waals surface area contributed by atoms with E-state index >= 15 is 0 Å². The Kier molecular flexibility index (Phi) is 7.34. The van der Waals surface area contributed by atoms with Crippen LogP contribution in [0.3, 0.4) is 0 Å². The average Bonchev–Trinajstić information content (AvgIpc) is 2.22. The Balaban J connectivity index is 4.31. The molecule has 4 heteroatoms. The van der Waals surface area contributed by atoms with Crippen LogP contribution in [0.2, 0.25) is 0 Å². The SMILES string of the molecule is CCC(COC)NC(C(=O)OC)C(C)C. The van der Waals surface area contributed by atoms with Crippen LogP contribution >= 0.6 is 0 Å². The highest BCUT2D eigenvalue weighted by molar-refractivity contribution is 5.75. The maximum atomic E-state index is 11.5. The molecule has 0 bridgehead atoms. The lowest BCUT2D eigenvalue weighted by atomic mass is 10.0. The Bertz CT molecular complexity index is 183. The third kappa shape index (κ3) is 5.14. The van der Waals surface area contributed by atoms with Crippen molar-refractivity contribution in [3.05, 3.63) is 0 Å². The molecular formula is C11H23NO3. The van der Waals surface area contributed by atoms with Gasteiger partial charge in [-0.3, -0.25) is 10.1 Å². The van der Waals surface area contributed by atoms with Gasteiger partial charge in [0.15, 0.2) is 0 Å². The Hall–Kier alpha value is -0.610. The number of methoxy groups -OCH3 is 2. The molecule has 0 saturated heterocycles. The molecule has 0 aliphatic heterocycles. The van der Waals surface area contributed by atoms with E-state index in [1.165, 1.54) is 7.11 Å². The highest BCUT2D eigenvalue weighted by Crippen LogP contribution is 2.06. The summed E-state index contributed by atoms with van der Waals surface area (Å²) < 4.78 is 9.83. The van der Waals surface area contributed by atoms with Crippen molar-refractivity contribution in [2.75, 3.05) is 20.8 Å². The van der Waals surface area contributed by atoms with Crippen molar-refractivity contribution in [2.24, 2.45) is 5.92 Å². The molecule has 0 spiro atoms. The van der Waals surface area contributed by atoms with Gasteiger partial charge >= 0.3 is 5.97 Å². The molecule has 1 N–H and O–H groups in total. The van der Waals surface area contributed by atoms with Gasteiger partial charge in [0.2, 0.25) is 0 Å². The summed E-state index contributed by atoms with van der Waals surface area (Å²) in [5, 5.41) is 3.26. The summed E-state index contributed by atoms with van der Waals surface area (Å²) >= 11 is 0. The van der Waals surface area contributed by atoms with Crippen molar-refractivity contribution in [1.29, 1.82) is 0 Å². The quantitative estimate of drug-likeness (QED) is 0.651. The van der Waals surface area contributed by atoms with Crippen LogP contribution in [0.5, 0.6) is 0 Å². The largest absolute Gasteiger partial charge is 0.468 e. The summed E-state index contributed by atoms with van der Waals surface area (Å²) in [7, 11) is 3.07. The van der Waals surface area contributed by atoms with Crippen molar-refractivity contribution >= 4 is 5.97 Å². The first kappa shape index (κ1) is 14.4. The minimum atomic E-state index is -0.255. The van der Waals surface area contributed by atoms with Crippen molar-refractivity contribution in [2.45, 2.75) is 39.3 Å². The molecule has 0 aromatic heterocycles. The van der Waals surface area contributed by atoms with E-state index < -0.39 is 0 Å². The predicted molar refractivity (Wildman–Crippen MR) is 59.7 cm³/mol. The highest BCUT2D eigenvalue weighted by Gasteiger charge is 2.25. The summed E-state index contributed by atoms with van der Waals surface area (Å²) in [5.74, 6) is 0.00269. The van der Waals surface area contributed by atoms with E-state index in [9.17, 15) is 4.79 Å². The third-order valence-electron chi connectivity index (χ3n) is 2.40. The summed E-state index contributed by atoms with van der Waals surface area (Å²) in [4.78, 5) is 11.5. The molecule has 0 aromatic carbocycles. The van der Waals surface area contributed by atoms with Crippen LogP contribution in [0.1, 0.15) is 27.2 Å². The first-order valence-electron chi connectivity index (χ1n) is 5.39. The molecule has 0 fully saturated rings. The van der Waals surface area contributed by atoms with Gasteiger partial charge in [-0.15, -0.1) is 0 Å². The zero-order valence-corrected chi connectivity index (χ0v) is 10.4. The number of ether oxygens (including phenoxy) is 2. The number of rotatable bonds is 7. The zero-order valence-electron chi connectivity index (χ0n) is 10.4. The van der Waals surface area contributed by atoms with Gasteiger partial charge in [0.25, 0.3) is 0 Å². The van der Waals surface area contributed by atoms with Gasteiger partial charge in [-0.05, 0) is 12.3 Å². The molecule has 2 atom stereocenters. The van der Waals surface area contributed by atoms with Gasteiger partial charge in [0.05, 0.1) is 13.7 Å². The number of esters is 1. The second kappa shape index (κ2) is 7.65. The molecule has 4 nitrogen and oxygen atoms in total. The molecule has 90 valence electrons. The minimum absolute atomic E-state index is 0.196. The highest BCUT2D eigenvalue weighted by atomic mass is 16.5. The van der Waals surface area contributed by atoms with E-state index in [2.05, 4.69) is 12.2 Å². The van der Waals surface area contributed by atoms with Crippen molar-refractivity contribution in [3.63, 3.8) is 0 Å². The first-order valence-corrected chi connectivity index (χ1v) is 5.39. The van der Waals surface area contributed by atoms with Crippen LogP contribution < -0.4 is 5.32 Å². The van der Waals surface area contributed by atoms with E-state index in [4.69, 9.17) is 9.47 Å². The molecule has 0 heterocycles. The zero-order chi connectivity index (χ0) is 11.8. The van der Waals surface area contributed by atoms with Gasteiger partial charge in [-0.1, -0.05) is 20.8 Å². The number of hydrogen-bond acceptors (Lipinski definition) is 4. The number of nitrogens with one attached hydrogen (secondary N) is 1. The van der Waals surface area contributed by atoms with Crippen LogP contribution in [-0.4, -0.2) is 38.9 Å². The van der Waals surface area contributed by atoms with E-state index in [-0.39, 0.29) is 24.0 Å². The molecule has 0 aliphatic rings. The fourth-order valence-corrected chi connectivity index (χ4v) is 1.40.